The van der Waals surface area contributed by atoms with Crippen LogP contribution in [0.15, 0.2) is 18.2 Å². The second-order valence-electron chi connectivity index (χ2n) is 4.75. The predicted molar refractivity (Wildman–Crippen MR) is 70.8 cm³/mol. The van der Waals surface area contributed by atoms with Crippen molar-refractivity contribution in [1.29, 1.82) is 0 Å². The highest BCUT2D eigenvalue weighted by atomic mass is 19.1. The number of carbonyl (C=O) groups excluding carboxylic acids is 1. The maximum Gasteiger partial charge on any atom is 0.338 e. The van der Waals surface area contributed by atoms with Gasteiger partial charge in [0.05, 0.1) is 12.7 Å². The van der Waals surface area contributed by atoms with E-state index in [-0.39, 0.29) is 24.0 Å². The van der Waals surface area contributed by atoms with E-state index in [0.717, 1.165) is 6.07 Å². The third-order valence-electron chi connectivity index (χ3n) is 2.91. The lowest BCUT2D eigenvalue weighted by Gasteiger charge is -2.19. The van der Waals surface area contributed by atoms with Gasteiger partial charge in [0, 0.05) is 6.54 Å². The molecule has 0 fully saturated rings. The molecule has 0 spiro atoms. The Morgan fingerprint density at radius 1 is 1.40 bits per heavy atom. The van der Waals surface area contributed by atoms with Crippen LogP contribution in [0.2, 0.25) is 0 Å². The SMILES string of the molecule is COC(=O)C(NCc1ccc(C(=O)O)c(F)c1)C(C)C. The number of carboxylic acids is 1. The zero-order valence-electron chi connectivity index (χ0n) is 11.6. The largest absolute Gasteiger partial charge is 0.478 e. The maximum absolute atomic E-state index is 13.5. The zero-order chi connectivity index (χ0) is 15.3. The highest BCUT2D eigenvalue weighted by molar-refractivity contribution is 5.87. The molecule has 0 amide bonds. The highest BCUT2D eigenvalue weighted by Crippen LogP contribution is 2.12. The van der Waals surface area contributed by atoms with Gasteiger partial charge in [0.15, 0.2) is 0 Å². The van der Waals surface area contributed by atoms with Gasteiger partial charge >= 0.3 is 11.9 Å². The number of hydrogen-bond acceptors (Lipinski definition) is 4. The first-order chi connectivity index (χ1) is 9.36. The maximum atomic E-state index is 13.5. The topological polar surface area (TPSA) is 75.6 Å². The molecule has 0 aliphatic rings. The van der Waals surface area contributed by atoms with Crippen LogP contribution in [0.4, 0.5) is 4.39 Å². The number of halogens is 1. The first kappa shape index (κ1) is 16.1. The van der Waals surface area contributed by atoms with Crippen molar-refractivity contribution in [2.45, 2.75) is 26.4 Å². The number of methoxy groups -OCH3 is 1. The Bertz CT molecular complexity index is 502. The Kier molecular flexibility index (Phi) is 5.64. The van der Waals surface area contributed by atoms with Gasteiger partial charge in [-0.15, -0.1) is 0 Å². The number of carboxylic acid groups (broad SMARTS) is 1. The fourth-order valence-electron chi connectivity index (χ4n) is 1.79. The molecule has 110 valence electrons. The van der Waals surface area contributed by atoms with E-state index in [0.29, 0.717) is 5.56 Å². The van der Waals surface area contributed by atoms with E-state index in [2.05, 4.69) is 10.1 Å². The molecular formula is C14H18FNO4. The summed E-state index contributed by atoms with van der Waals surface area (Å²) in [4.78, 5) is 22.2. The van der Waals surface area contributed by atoms with Crippen molar-refractivity contribution in [3.05, 3.63) is 35.1 Å². The summed E-state index contributed by atoms with van der Waals surface area (Å²) in [6.07, 6.45) is 0. The van der Waals surface area contributed by atoms with Crippen molar-refractivity contribution in [2.24, 2.45) is 5.92 Å². The van der Waals surface area contributed by atoms with Crippen molar-refractivity contribution in [3.8, 4) is 0 Å². The van der Waals surface area contributed by atoms with Crippen LogP contribution >= 0.6 is 0 Å². The van der Waals surface area contributed by atoms with Crippen LogP contribution in [-0.2, 0) is 16.1 Å². The molecule has 0 saturated heterocycles. The molecule has 1 unspecified atom stereocenters. The first-order valence-electron chi connectivity index (χ1n) is 6.19. The second-order valence-corrected chi connectivity index (χ2v) is 4.75. The molecule has 1 aromatic rings. The van der Waals surface area contributed by atoms with Crippen molar-refractivity contribution in [2.75, 3.05) is 7.11 Å². The molecule has 1 rings (SSSR count). The molecule has 0 radical (unpaired) electrons. The number of rotatable bonds is 6. The molecule has 0 saturated carbocycles. The normalized spacial score (nSPS) is 12.2. The number of ether oxygens (including phenoxy) is 1. The van der Waals surface area contributed by atoms with Crippen LogP contribution in [0.1, 0.15) is 29.8 Å². The van der Waals surface area contributed by atoms with Crippen LogP contribution < -0.4 is 5.32 Å². The Morgan fingerprint density at radius 2 is 2.05 bits per heavy atom. The van der Waals surface area contributed by atoms with Gasteiger partial charge in [0.1, 0.15) is 11.9 Å². The van der Waals surface area contributed by atoms with Crippen LogP contribution in [0.25, 0.3) is 0 Å². The first-order valence-corrected chi connectivity index (χ1v) is 6.19. The van der Waals surface area contributed by atoms with Crippen molar-refractivity contribution >= 4 is 11.9 Å². The fraction of sp³-hybridized carbons (Fsp3) is 0.429. The predicted octanol–water partition coefficient (Wildman–Crippen LogP) is 1.81. The molecule has 0 bridgehead atoms. The van der Waals surface area contributed by atoms with Crippen molar-refractivity contribution in [3.63, 3.8) is 0 Å². The van der Waals surface area contributed by atoms with E-state index < -0.39 is 17.8 Å². The number of carbonyl (C=O) groups is 2. The number of aromatic carboxylic acids is 1. The summed E-state index contributed by atoms with van der Waals surface area (Å²) in [6.45, 7) is 3.97. The summed E-state index contributed by atoms with van der Waals surface area (Å²) in [6, 6.07) is 3.36. The van der Waals surface area contributed by atoms with Gasteiger partial charge in [0.2, 0.25) is 0 Å². The third-order valence-corrected chi connectivity index (χ3v) is 2.91. The summed E-state index contributed by atoms with van der Waals surface area (Å²) in [5.74, 6) is -2.47. The van der Waals surface area contributed by atoms with Crippen LogP contribution in [-0.4, -0.2) is 30.2 Å². The lowest BCUT2D eigenvalue weighted by Crippen LogP contribution is -2.41. The third kappa shape index (κ3) is 4.03. The average molecular weight is 283 g/mol. The minimum Gasteiger partial charge on any atom is -0.478 e. The van der Waals surface area contributed by atoms with Gasteiger partial charge in [0.25, 0.3) is 0 Å². The molecule has 0 aromatic heterocycles. The van der Waals surface area contributed by atoms with E-state index in [9.17, 15) is 14.0 Å². The quantitative estimate of drug-likeness (QED) is 0.779. The number of esters is 1. The van der Waals surface area contributed by atoms with Crippen LogP contribution in [0, 0.1) is 11.7 Å². The lowest BCUT2D eigenvalue weighted by molar-refractivity contribution is -0.144. The molecule has 1 atom stereocenters. The average Bonchev–Trinajstić information content (AvgIpc) is 2.37. The molecule has 0 aliphatic carbocycles. The monoisotopic (exact) mass is 283 g/mol. The van der Waals surface area contributed by atoms with E-state index in [1.807, 2.05) is 13.8 Å². The minimum absolute atomic E-state index is 0.0191. The summed E-state index contributed by atoms with van der Waals surface area (Å²) in [5, 5.41) is 11.7. The number of hydrogen-bond donors (Lipinski definition) is 2. The van der Waals surface area contributed by atoms with Gasteiger partial charge in [-0.25, -0.2) is 9.18 Å². The van der Waals surface area contributed by atoms with Gasteiger partial charge in [-0.05, 0) is 23.6 Å². The van der Waals surface area contributed by atoms with E-state index >= 15 is 0 Å². The standard InChI is InChI=1S/C14H18FNO4/c1-8(2)12(14(19)20-3)16-7-9-4-5-10(13(17)18)11(15)6-9/h4-6,8,12,16H,7H2,1-3H3,(H,17,18). The van der Waals surface area contributed by atoms with E-state index in [4.69, 9.17) is 5.11 Å². The molecule has 6 heteroatoms. The molecule has 2 N–H and O–H groups in total. The Labute approximate surface area is 116 Å². The van der Waals surface area contributed by atoms with Crippen LogP contribution in [0.5, 0.6) is 0 Å². The molecular weight excluding hydrogens is 265 g/mol. The highest BCUT2D eigenvalue weighted by Gasteiger charge is 2.22. The molecule has 0 heterocycles. The van der Waals surface area contributed by atoms with Gasteiger partial charge in [-0.3, -0.25) is 4.79 Å². The zero-order valence-corrected chi connectivity index (χ0v) is 11.6. The summed E-state index contributed by atoms with van der Waals surface area (Å²) >= 11 is 0. The Hall–Kier alpha value is -1.95. The van der Waals surface area contributed by atoms with Gasteiger partial charge in [-0.1, -0.05) is 19.9 Å². The lowest BCUT2D eigenvalue weighted by atomic mass is 10.0. The summed E-state index contributed by atoms with van der Waals surface area (Å²) < 4.78 is 18.2. The number of benzene rings is 1. The Morgan fingerprint density at radius 3 is 2.50 bits per heavy atom. The minimum atomic E-state index is -1.31. The summed E-state index contributed by atoms with van der Waals surface area (Å²) in [7, 11) is 1.31. The molecule has 1 aromatic carbocycles. The molecule has 20 heavy (non-hydrogen) atoms. The molecule has 0 aliphatic heterocycles. The Balaban J connectivity index is 2.76. The van der Waals surface area contributed by atoms with Crippen LogP contribution in [0.3, 0.4) is 0 Å². The van der Waals surface area contributed by atoms with Gasteiger partial charge in [-0.2, -0.15) is 0 Å². The fourth-order valence-corrected chi connectivity index (χ4v) is 1.79. The van der Waals surface area contributed by atoms with Gasteiger partial charge < -0.3 is 15.2 Å². The molecule has 5 nitrogen and oxygen atoms in total. The summed E-state index contributed by atoms with van der Waals surface area (Å²) in [5.41, 5.74) is 0.184. The van der Waals surface area contributed by atoms with Crippen molar-refractivity contribution in [1.82, 2.24) is 5.32 Å². The van der Waals surface area contributed by atoms with Crippen molar-refractivity contribution < 1.29 is 23.8 Å². The smallest absolute Gasteiger partial charge is 0.338 e. The second kappa shape index (κ2) is 7.00. The van der Waals surface area contributed by atoms with E-state index in [1.165, 1.54) is 19.2 Å². The number of nitrogens with one attached hydrogen (secondary N) is 1. The van der Waals surface area contributed by atoms with E-state index in [1.54, 1.807) is 0 Å².